The van der Waals surface area contributed by atoms with Crippen LogP contribution in [0.3, 0.4) is 0 Å². The molecule has 0 N–H and O–H groups in total. The molecule has 0 aliphatic heterocycles. The summed E-state index contributed by atoms with van der Waals surface area (Å²) >= 11 is 2.10. The quantitative estimate of drug-likeness (QED) is 0.430. The summed E-state index contributed by atoms with van der Waals surface area (Å²) in [5.74, 6) is 1.28. The highest BCUT2D eigenvalue weighted by Crippen LogP contribution is 2.41. The van der Waals surface area contributed by atoms with Crippen LogP contribution in [0.25, 0.3) is 0 Å². The summed E-state index contributed by atoms with van der Waals surface area (Å²) in [4.78, 5) is 10.7. The van der Waals surface area contributed by atoms with E-state index in [-0.39, 0.29) is 17.2 Å². The van der Waals surface area contributed by atoms with Crippen LogP contribution >= 0.6 is 22.6 Å². The Labute approximate surface area is 134 Å². The van der Waals surface area contributed by atoms with Gasteiger partial charge in [0.2, 0.25) is 5.75 Å². The number of para-hydroxylation sites is 1. The predicted molar refractivity (Wildman–Crippen MR) is 85.4 cm³/mol. The molecule has 7 heteroatoms. The van der Waals surface area contributed by atoms with Crippen molar-refractivity contribution in [2.45, 2.75) is 0 Å². The highest BCUT2D eigenvalue weighted by Gasteiger charge is 2.22. The fourth-order valence-electron chi connectivity index (χ4n) is 1.72. The molecule has 0 amide bonds. The van der Waals surface area contributed by atoms with Gasteiger partial charge in [0.25, 0.3) is 0 Å². The van der Waals surface area contributed by atoms with E-state index in [1.807, 2.05) is 12.1 Å². The number of nitro benzene ring substituents is 1. The number of hydrogen-bond donors (Lipinski definition) is 0. The van der Waals surface area contributed by atoms with Crippen LogP contribution in [0, 0.1) is 13.7 Å². The van der Waals surface area contributed by atoms with Gasteiger partial charge in [-0.1, -0.05) is 12.1 Å². The van der Waals surface area contributed by atoms with Gasteiger partial charge in [-0.25, -0.2) is 0 Å². The molecule has 0 atom stereocenters. The Kier molecular flexibility index (Phi) is 4.84. The molecule has 0 radical (unpaired) electrons. The second-order valence-electron chi connectivity index (χ2n) is 3.96. The number of nitrogens with zero attached hydrogens (tertiary/aromatic N) is 1. The van der Waals surface area contributed by atoms with E-state index < -0.39 is 4.92 Å². The standard InChI is InChI=1S/C14H12INO5/c1-19-13-7-10(16(17)18)12(8-14(13)20-2)21-11-6-4-3-5-9(11)15/h3-8H,1-2H3. The van der Waals surface area contributed by atoms with Crippen LogP contribution in [0.5, 0.6) is 23.0 Å². The number of benzene rings is 2. The first-order valence-electron chi connectivity index (χ1n) is 5.89. The lowest BCUT2D eigenvalue weighted by atomic mass is 10.2. The molecule has 21 heavy (non-hydrogen) atoms. The first-order valence-corrected chi connectivity index (χ1v) is 6.97. The van der Waals surface area contributed by atoms with Crippen molar-refractivity contribution < 1.29 is 19.1 Å². The van der Waals surface area contributed by atoms with E-state index in [9.17, 15) is 10.1 Å². The Morgan fingerprint density at radius 2 is 1.62 bits per heavy atom. The Balaban J connectivity index is 2.51. The lowest BCUT2D eigenvalue weighted by molar-refractivity contribution is -0.385. The zero-order valence-corrected chi connectivity index (χ0v) is 13.5. The fourth-order valence-corrected chi connectivity index (χ4v) is 2.22. The molecule has 0 unspecified atom stereocenters. The van der Waals surface area contributed by atoms with E-state index in [4.69, 9.17) is 14.2 Å². The van der Waals surface area contributed by atoms with Gasteiger partial charge in [0.15, 0.2) is 11.5 Å². The van der Waals surface area contributed by atoms with Crippen molar-refractivity contribution in [3.05, 3.63) is 50.1 Å². The van der Waals surface area contributed by atoms with Crippen molar-refractivity contribution in [2.24, 2.45) is 0 Å². The fraction of sp³-hybridized carbons (Fsp3) is 0.143. The van der Waals surface area contributed by atoms with Gasteiger partial charge in [-0.05, 0) is 34.7 Å². The second-order valence-corrected chi connectivity index (χ2v) is 5.13. The molecule has 0 saturated heterocycles. The number of ether oxygens (including phenoxy) is 3. The van der Waals surface area contributed by atoms with Crippen LogP contribution in [0.4, 0.5) is 5.69 Å². The molecule has 0 aromatic heterocycles. The third kappa shape index (κ3) is 3.35. The number of nitro groups is 1. The van der Waals surface area contributed by atoms with Gasteiger partial charge >= 0.3 is 5.69 Å². The maximum atomic E-state index is 11.2. The average Bonchev–Trinajstić information content (AvgIpc) is 2.48. The van der Waals surface area contributed by atoms with Crippen LogP contribution in [0.2, 0.25) is 0 Å². The summed E-state index contributed by atoms with van der Waals surface area (Å²) < 4.78 is 16.7. The molecule has 0 heterocycles. The van der Waals surface area contributed by atoms with Crippen LogP contribution in [0.1, 0.15) is 0 Å². The SMILES string of the molecule is COc1cc(Oc2ccccc2I)c([N+](=O)[O-])cc1OC. The minimum absolute atomic E-state index is 0.0989. The average molecular weight is 401 g/mol. The monoisotopic (exact) mass is 401 g/mol. The molecule has 110 valence electrons. The highest BCUT2D eigenvalue weighted by atomic mass is 127. The number of hydrogen-bond acceptors (Lipinski definition) is 5. The Hall–Kier alpha value is -2.03. The molecule has 0 aliphatic carbocycles. The van der Waals surface area contributed by atoms with Gasteiger partial charge in [0.05, 0.1) is 28.8 Å². The zero-order chi connectivity index (χ0) is 15.4. The van der Waals surface area contributed by atoms with E-state index in [1.54, 1.807) is 12.1 Å². The van der Waals surface area contributed by atoms with Crippen molar-refractivity contribution in [2.75, 3.05) is 14.2 Å². The van der Waals surface area contributed by atoms with Crippen LogP contribution in [-0.4, -0.2) is 19.1 Å². The van der Waals surface area contributed by atoms with E-state index in [1.165, 1.54) is 26.4 Å². The summed E-state index contributed by atoms with van der Waals surface area (Å²) in [5, 5.41) is 11.2. The van der Waals surface area contributed by atoms with Crippen molar-refractivity contribution in [3.63, 3.8) is 0 Å². The van der Waals surface area contributed by atoms with Crippen LogP contribution < -0.4 is 14.2 Å². The second kappa shape index (κ2) is 6.61. The van der Waals surface area contributed by atoms with Gasteiger partial charge in [-0.15, -0.1) is 0 Å². The summed E-state index contributed by atoms with van der Waals surface area (Å²) in [7, 11) is 2.88. The van der Waals surface area contributed by atoms with E-state index in [0.29, 0.717) is 11.5 Å². The molecule has 0 spiro atoms. The van der Waals surface area contributed by atoms with Crippen molar-refractivity contribution in [3.8, 4) is 23.0 Å². The van der Waals surface area contributed by atoms with Crippen LogP contribution in [-0.2, 0) is 0 Å². The first kappa shape index (κ1) is 15.4. The third-order valence-corrected chi connectivity index (χ3v) is 3.61. The van der Waals surface area contributed by atoms with Gasteiger partial charge < -0.3 is 14.2 Å². The summed E-state index contributed by atoms with van der Waals surface area (Å²) in [6.45, 7) is 0. The normalized spacial score (nSPS) is 10.0. The van der Waals surface area contributed by atoms with Crippen LogP contribution in [0.15, 0.2) is 36.4 Å². The molecule has 2 aromatic carbocycles. The third-order valence-electron chi connectivity index (χ3n) is 2.72. The van der Waals surface area contributed by atoms with E-state index >= 15 is 0 Å². The van der Waals surface area contributed by atoms with E-state index in [0.717, 1.165) is 3.57 Å². The Morgan fingerprint density at radius 3 is 2.19 bits per heavy atom. The largest absolute Gasteiger partial charge is 0.493 e. The molecule has 0 aliphatic rings. The number of halogens is 1. The zero-order valence-electron chi connectivity index (χ0n) is 11.3. The lowest BCUT2D eigenvalue weighted by Gasteiger charge is -2.12. The van der Waals surface area contributed by atoms with Gasteiger partial charge in [-0.2, -0.15) is 0 Å². The Bertz CT molecular complexity index is 674. The molecular formula is C14H12INO5. The smallest absolute Gasteiger partial charge is 0.315 e. The molecule has 0 fully saturated rings. The molecular weight excluding hydrogens is 389 g/mol. The van der Waals surface area contributed by atoms with Gasteiger partial charge in [0, 0.05) is 6.07 Å². The predicted octanol–water partition coefficient (Wildman–Crippen LogP) is 4.01. The van der Waals surface area contributed by atoms with Crippen molar-refractivity contribution in [1.82, 2.24) is 0 Å². The molecule has 6 nitrogen and oxygen atoms in total. The number of rotatable bonds is 5. The maximum absolute atomic E-state index is 11.2. The van der Waals surface area contributed by atoms with Crippen molar-refractivity contribution >= 4 is 28.3 Å². The van der Waals surface area contributed by atoms with E-state index in [2.05, 4.69) is 22.6 Å². The molecule has 2 aromatic rings. The Morgan fingerprint density at radius 1 is 1.00 bits per heavy atom. The minimum atomic E-state index is -0.521. The lowest BCUT2D eigenvalue weighted by Crippen LogP contribution is -1.98. The highest BCUT2D eigenvalue weighted by molar-refractivity contribution is 14.1. The first-order chi connectivity index (χ1) is 10.1. The number of methoxy groups -OCH3 is 2. The summed E-state index contributed by atoms with van der Waals surface area (Å²) in [5.41, 5.74) is -0.188. The molecule has 0 bridgehead atoms. The molecule has 2 rings (SSSR count). The molecule has 0 saturated carbocycles. The topological polar surface area (TPSA) is 70.8 Å². The minimum Gasteiger partial charge on any atom is -0.493 e. The maximum Gasteiger partial charge on any atom is 0.315 e. The van der Waals surface area contributed by atoms with Crippen molar-refractivity contribution in [1.29, 1.82) is 0 Å². The van der Waals surface area contributed by atoms with Gasteiger partial charge in [-0.3, -0.25) is 10.1 Å². The summed E-state index contributed by atoms with van der Waals surface area (Å²) in [6.07, 6.45) is 0. The summed E-state index contributed by atoms with van der Waals surface area (Å²) in [6, 6.07) is 9.97. The van der Waals surface area contributed by atoms with Gasteiger partial charge in [0.1, 0.15) is 5.75 Å².